The Hall–Kier alpha value is -0.420. The van der Waals surface area contributed by atoms with Crippen LogP contribution in [0.1, 0.15) is 13.3 Å². The summed E-state index contributed by atoms with van der Waals surface area (Å²) in [7, 11) is 1.73. The van der Waals surface area contributed by atoms with Crippen LogP contribution >= 0.6 is 35.0 Å². The minimum absolute atomic E-state index is 0.00157. The number of amides is 1. The fourth-order valence-corrected chi connectivity index (χ4v) is 2.78. The van der Waals surface area contributed by atoms with Gasteiger partial charge in [-0.05, 0) is 31.5 Å². The standard InChI is InChI=1S/C13H17Cl2NO2S/c1-9(17)5-6-16(2)13(18)8-19-12-7-10(14)3-4-11(12)15/h3-4,7,9,17H,5-6,8H2,1-2H3. The molecule has 0 fully saturated rings. The minimum Gasteiger partial charge on any atom is -0.393 e. The molecule has 3 nitrogen and oxygen atoms in total. The summed E-state index contributed by atoms with van der Waals surface area (Å²) in [6.45, 7) is 2.25. The number of halogens is 2. The molecule has 0 radical (unpaired) electrons. The number of aliphatic hydroxyl groups is 1. The van der Waals surface area contributed by atoms with Crippen LogP contribution in [0.15, 0.2) is 23.1 Å². The van der Waals surface area contributed by atoms with Crippen molar-refractivity contribution in [3.05, 3.63) is 28.2 Å². The van der Waals surface area contributed by atoms with Crippen molar-refractivity contribution in [3.63, 3.8) is 0 Å². The lowest BCUT2D eigenvalue weighted by molar-refractivity contribution is -0.127. The first-order valence-electron chi connectivity index (χ1n) is 5.90. The molecule has 0 aliphatic heterocycles. The Balaban J connectivity index is 2.47. The van der Waals surface area contributed by atoms with E-state index in [1.54, 1.807) is 37.1 Å². The Morgan fingerprint density at radius 3 is 2.79 bits per heavy atom. The summed E-state index contributed by atoms with van der Waals surface area (Å²) >= 11 is 13.3. The van der Waals surface area contributed by atoms with Crippen molar-refractivity contribution in [2.24, 2.45) is 0 Å². The number of aliphatic hydroxyl groups excluding tert-OH is 1. The van der Waals surface area contributed by atoms with Gasteiger partial charge >= 0.3 is 0 Å². The number of rotatable bonds is 6. The average molecular weight is 322 g/mol. The summed E-state index contributed by atoms with van der Waals surface area (Å²) in [6.07, 6.45) is 0.176. The first-order chi connectivity index (χ1) is 8.90. The molecular formula is C13H17Cl2NO2S. The highest BCUT2D eigenvalue weighted by atomic mass is 35.5. The summed E-state index contributed by atoms with van der Waals surface area (Å²) < 4.78 is 0. The zero-order valence-corrected chi connectivity index (χ0v) is 13.2. The van der Waals surface area contributed by atoms with E-state index in [0.717, 1.165) is 4.90 Å². The molecule has 1 unspecified atom stereocenters. The van der Waals surface area contributed by atoms with E-state index in [-0.39, 0.29) is 5.91 Å². The van der Waals surface area contributed by atoms with Crippen LogP contribution in [0.2, 0.25) is 10.0 Å². The molecule has 0 aromatic heterocycles. The predicted octanol–water partition coefficient (Wildman–Crippen LogP) is 3.31. The van der Waals surface area contributed by atoms with E-state index in [2.05, 4.69) is 0 Å². The third kappa shape index (κ3) is 6.04. The van der Waals surface area contributed by atoms with Crippen molar-refractivity contribution >= 4 is 40.9 Å². The van der Waals surface area contributed by atoms with Gasteiger partial charge in [0.1, 0.15) is 0 Å². The van der Waals surface area contributed by atoms with Crippen LogP contribution in [-0.2, 0) is 4.79 Å². The maximum atomic E-state index is 11.9. The highest BCUT2D eigenvalue weighted by molar-refractivity contribution is 8.00. The third-order valence-corrected chi connectivity index (χ3v) is 4.27. The molecule has 0 heterocycles. The minimum atomic E-state index is -0.398. The van der Waals surface area contributed by atoms with Crippen LogP contribution in [0.3, 0.4) is 0 Å². The molecule has 0 saturated heterocycles. The number of thioether (sulfide) groups is 1. The lowest BCUT2D eigenvalue weighted by atomic mass is 10.3. The smallest absolute Gasteiger partial charge is 0.232 e. The second-order valence-electron chi connectivity index (χ2n) is 4.32. The van der Waals surface area contributed by atoms with Gasteiger partial charge in [0.25, 0.3) is 0 Å². The van der Waals surface area contributed by atoms with E-state index in [1.807, 2.05) is 0 Å². The molecule has 0 bridgehead atoms. The van der Waals surface area contributed by atoms with Gasteiger partial charge < -0.3 is 10.0 Å². The highest BCUT2D eigenvalue weighted by Gasteiger charge is 2.11. The monoisotopic (exact) mass is 321 g/mol. The molecule has 1 aromatic carbocycles. The van der Waals surface area contributed by atoms with E-state index in [0.29, 0.717) is 28.8 Å². The van der Waals surface area contributed by atoms with Crippen LogP contribution in [-0.4, -0.2) is 41.4 Å². The normalized spacial score (nSPS) is 12.3. The summed E-state index contributed by atoms with van der Waals surface area (Å²) in [5.41, 5.74) is 0. The maximum Gasteiger partial charge on any atom is 0.232 e. The zero-order valence-electron chi connectivity index (χ0n) is 10.9. The average Bonchev–Trinajstić information content (AvgIpc) is 2.36. The molecule has 0 saturated carbocycles. The first kappa shape index (κ1) is 16.6. The number of nitrogens with zero attached hydrogens (tertiary/aromatic N) is 1. The number of hydrogen-bond acceptors (Lipinski definition) is 3. The summed E-state index contributed by atoms with van der Waals surface area (Å²) in [5.74, 6) is 0.304. The first-order valence-corrected chi connectivity index (χ1v) is 7.64. The summed E-state index contributed by atoms with van der Waals surface area (Å²) in [5, 5.41) is 10.4. The summed E-state index contributed by atoms with van der Waals surface area (Å²) in [6, 6.07) is 5.18. The SMILES string of the molecule is CC(O)CCN(C)C(=O)CSc1cc(Cl)ccc1Cl. The van der Waals surface area contributed by atoms with Gasteiger partial charge in [-0.15, -0.1) is 11.8 Å². The van der Waals surface area contributed by atoms with Crippen molar-refractivity contribution in [2.75, 3.05) is 19.3 Å². The van der Waals surface area contributed by atoms with Crippen molar-refractivity contribution in [2.45, 2.75) is 24.3 Å². The lowest BCUT2D eigenvalue weighted by Crippen LogP contribution is -2.30. The van der Waals surface area contributed by atoms with Crippen molar-refractivity contribution in [1.82, 2.24) is 4.90 Å². The van der Waals surface area contributed by atoms with Crippen molar-refractivity contribution in [3.8, 4) is 0 Å². The number of carbonyl (C=O) groups excluding carboxylic acids is 1. The molecule has 19 heavy (non-hydrogen) atoms. The second-order valence-corrected chi connectivity index (χ2v) is 6.18. The van der Waals surface area contributed by atoms with Gasteiger partial charge in [-0.2, -0.15) is 0 Å². The van der Waals surface area contributed by atoms with E-state index in [1.165, 1.54) is 11.8 Å². The van der Waals surface area contributed by atoms with Crippen molar-refractivity contribution < 1.29 is 9.90 Å². The van der Waals surface area contributed by atoms with Crippen LogP contribution in [0.5, 0.6) is 0 Å². The molecule has 0 aliphatic carbocycles. The largest absolute Gasteiger partial charge is 0.393 e. The Bertz CT molecular complexity index is 441. The molecule has 0 aliphatic rings. The molecular weight excluding hydrogens is 305 g/mol. The maximum absolute atomic E-state index is 11.9. The van der Waals surface area contributed by atoms with Gasteiger partial charge in [-0.1, -0.05) is 23.2 Å². The quantitative estimate of drug-likeness (QED) is 0.817. The number of hydrogen-bond donors (Lipinski definition) is 1. The summed E-state index contributed by atoms with van der Waals surface area (Å²) in [4.78, 5) is 14.3. The molecule has 6 heteroatoms. The Morgan fingerprint density at radius 2 is 2.16 bits per heavy atom. The lowest BCUT2D eigenvalue weighted by Gasteiger charge is -2.17. The Kier molecular flexibility index (Phi) is 7.00. The molecule has 1 amide bonds. The third-order valence-electron chi connectivity index (χ3n) is 2.55. The van der Waals surface area contributed by atoms with Crippen LogP contribution in [0.25, 0.3) is 0 Å². The van der Waals surface area contributed by atoms with E-state index in [9.17, 15) is 9.90 Å². The van der Waals surface area contributed by atoms with E-state index < -0.39 is 6.10 Å². The fraction of sp³-hybridized carbons (Fsp3) is 0.462. The van der Waals surface area contributed by atoms with Crippen molar-refractivity contribution in [1.29, 1.82) is 0 Å². The van der Waals surface area contributed by atoms with E-state index >= 15 is 0 Å². The second kappa shape index (κ2) is 8.00. The highest BCUT2D eigenvalue weighted by Crippen LogP contribution is 2.29. The van der Waals surface area contributed by atoms with Crippen LogP contribution in [0.4, 0.5) is 0 Å². The Morgan fingerprint density at radius 1 is 1.47 bits per heavy atom. The molecule has 1 aromatic rings. The fourth-order valence-electron chi connectivity index (χ4n) is 1.34. The van der Waals surface area contributed by atoms with Gasteiger partial charge in [0.15, 0.2) is 0 Å². The number of benzene rings is 1. The Labute approximate surface area is 127 Å². The van der Waals surface area contributed by atoms with Gasteiger partial charge in [0, 0.05) is 23.5 Å². The molecule has 0 spiro atoms. The topological polar surface area (TPSA) is 40.5 Å². The van der Waals surface area contributed by atoms with E-state index in [4.69, 9.17) is 23.2 Å². The van der Waals surface area contributed by atoms with Crippen LogP contribution in [0, 0.1) is 0 Å². The predicted molar refractivity (Wildman–Crippen MR) is 81.1 cm³/mol. The molecule has 106 valence electrons. The van der Waals surface area contributed by atoms with Gasteiger partial charge in [-0.3, -0.25) is 4.79 Å². The van der Waals surface area contributed by atoms with Crippen LogP contribution < -0.4 is 0 Å². The van der Waals surface area contributed by atoms with Gasteiger partial charge in [0.05, 0.1) is 16.9 Å². The van der Waals surface area contributed by atoms with Gasteiger partial charge in [0.2, 0.25) is 5.91 Å². The number of carbonyl (C=O) groups is 1. The molecule has 1 N–H and O–H groups in total. The molecule has 1 rings (SSSR count). The zero-order chi connectivity index (χ0) is 14.4. The molecule has 1 atom stereocenters. The van der Waals surface area contributed by atoms with Gasteiger partial charge in [-0.25, -0.2) is 0 Å².